The first-order valence-electron chi connectivity index (χ1n) is 4.71. The van der Waals surface area contributed by atoms with Crippen molar-refractivity contribution < 1.29 is 9.90 Å². The van der Waals surface area contributed by atoms with E-state index in [1.165, 1.54) is 0 Å². The van der Waals surface area contributed by atoms with Gasteiger partial charge in [0.15, 0.2) is 0 Å². The molecule has 4 nitrogen and oxygen atoms in total. The molecule has 0 radical (unpaired) electrons. The minimum atomic E-state index is -0.911. The minimum Gasteiger partial charge on any atom is -0.396 e. The van der Waals surface area contributed by atoms with E-state index < -0.39 is 11.4 Å². The van der Waals surface area contributed by atoms with E-state index in [9.17, 15) is 4.79 Å². The number of aliphatic hydroxyl groups is 1. The standard InChI is InChI=1S/C9H20N2O2S/c1-7(3-5-12)14-6-4-9(2,11)8(10)13/h7,12H,3-6,11H2,1-2H3,(H2,10,13). The van der Waals surface area contributed by atoms with Crippen LogP contribution in [-0.2, 0) is 4.79 Å². The Bertz CT molecular complexity index is 186. The number of nitrogens with two attached hydrogens (primary N) is 2. The Labute approximate surface area is 89.4 Å². The van der Waals surface area contributed by atoms with E-state index in [-0.39, 0.29) is 6.61 Å². The molecule has 0 saturated carbocycles. The number of rotatable bonds is 7. The van der Waals surface area contributed by atoms with Crippen LogP contribution >= 0.6 is 11.8 Å². The van der Waals surface area contributed by atoms with E-state index in [4.69, 9.17) is 16.6 Å². The Kier molecular flexibility index (Phi) is 6.15. The molecular weight excluding hydrogens is 200 g/mol. The number of carbonyl (C=O) groups is 1. The number of carbonyl (C=O) groups excluding carboxylic acids is 1. The van der Waals surface area contributed by atoms with Crippen molar-refractivity contribution in [3.8, 4) is 0 Å². The first-order chi connectivity index (χ1) is 6.40. The number of hydrogen-bond donors (Lipinski definition) is 3. The van der Waals surface area contributed by atoms with Gasteiger partial charge in [0.25, 0.3) is 0 Å². The molecule has 14 heavy (non-hydrogen) atoms. The van der Waals surface area contributed by atoms with Crippen LogP contribution in [0.3, 0.4) is 0 Å². The largest absolute Gasteiger partial charge is 0.396 e. The van der Waals surface area contributed by atoms with E-state index in [2.05, 4.69) is 0 Å². The van der Waals surface area contributed by atoms with Crippen molar-refractivity contribution in [2.24, 2.45) is 11.5 Å². The Morgan fingerprint density at radius 3 is 2.64 bits per heavy atom. The van der Waals surface area contributed by atoms with Gasteiger partial charge in [-0.05, 0) is 25.5 Å². The third kappa shape index (κ3) is 5.47. The van der Waals surface area contributed by atoms with Gasteiger partial charge in [-0.1, -0.05) is 6.92 Å². The van der Waals surface area contributed by atoms with Gasteiger partial charge in [-0.25, -0.2) is 0 Å². The van der Waals surface area contributed by atoms with E-state index in [0.717, 1.165) is 12.2 Å². The monoisotopic (exact) mass is 220 g/mol. The quantitative estimate of drug-likeness (QED) is 0.567. The van der Waals surface area contributed by atoms with Gasteiger partial charge in [0, 0.05) is 11.9 Å². The minimum absolute atomic E-state index is 0.198. The fraction of sp³-hybridized carbons (Fsp3) is 0.889. The van der Waals surface area contributed by atoms with Crippen molar-refractivity contribution in [1.82, 2.24) is 0 Å². The summed E-state index contributed by atoms with van der Waals surface area (Å²) < 4.78 is 0. The predicted molar refractivity (Wildman–Crippen MR) is 60.0 cm³/mol. The van der Waals surface area contributed by atoms with Gasteiger partial charge in [0.1, 0.15) is 0 Å². The van der Waals surface area contributed by atoms with Crippen molar-refractivity contribution in [2.75, 3.05) is 12.4 Å². The maximum absolute atomic E-state index is 10.9. The van der Waals surface area contributed by atoms with Gasteiger partial charge in [-0.2, -0.15) is 11.8 Å². The van der Waals surface area contributed by atoms with Crippen LogP contribution in [0.15, 0.2) is 0 Å². The fourth-order valence-corrected chi connectivity index (χ4v) is 2.08. The van der Waals surface area contributed by atoms with E-state index in [1.54, 1.807) is 18.7 Å². The molecule has 0 aromatic carbocycles. The molecule has 5 N–H and O–H groups in total. The molecule has 84 valence electrons. The highest BCUT2D eigenvalue weighted by Gasteiger charge is 2.24. The topological polar surface area (TPSA) is 89.3 Å². The average Bonchev–Trinajstić information content (AvgIpc) is 2.04. The van der Waals surface area contributed by atoms with Crippen molar-refractivity contribution in [3.05, 3.63) is 0 Å². The lowest BCUT2D eigenvalue weighted by Crippen LogP contribution is -2.49. The van der Waals surface area contributed by atoms with Crippen LogP contribution in [0.2, 0.25) is 0 Å². The maximum atomic E-state index is 10.9. The number of primary amides is 1. The van der Waals surface area contributed by atoms with Crippen LogP contribution in [0, 0.1) is 0 Å². The zero-order valence-corrected chi connectivity index (χ0v) is 9.64. The molecular formula is C9H20N2O2S. The van der Waals surface area contributed by atoms with Crippen LogP contribution in [0.5, 0.6) is 0 Å². The Hall–Kier alpha value is -0.260. The summed E-state index contributed by atoms with van der Waals surface area (Å²) in [7, 11) is 0. The SMILES string of the molecule is CC(CCO)SCCC(C)(N)C(N)=O. The summed E-state index contributed by atoms with van der Waals surface area (Å²) in [6.07, 6.45) is 1.34. The van der Waals surface area contributed by atoms with Gasteiger partial charge in [-0.15, -0.1) is 0 Å². The lowest BCUT2D eigenvalue weighted by atomic mass is 10.0. The molecule has 0 bridgehead atoms. The van der Waals surface area contributed by atoms with Gasteiger partial charge in [-0.3, -0.25) is 4.79 Å². The van der Waals surface area contributed by atoms with E-state index in [0.29, 0.717) is 11.7 Å². The second kappa shape index (κ2) is 6.27. The van der Waals surface area contributed by atoms with Gasteiger partial charge in [0.2, 0.25) is 5.91 Å². The highest BCUT2D eigenvalue weighted by molar-refractivity contribution is 7.99. The van der Waals surface area contributed by atoms with Gasteiger partial charge >= 0.3 is 0 Å². The molecule has 1 amide bonds. The summed E-state index contributed by atoms with van der Waals surface area (Å²) in [6.45, 7) is 3.88. The van der Waals surface area contributed by atoms with Crippen molar-refractivity contribution in [3.63, 3.8) is 0 Å². The Morgan fingerprint density at radius 2 is 2.21 bits per heavy atom. The smallest absolute Gasteiger partial charge is 0.237 e. The maximum Gasteiger partial charge on any atom is 0.237 e. The molecule has 0 spiro atoms. The normalized spacial score (nSPS) is 17.4. The Balaban J connectivity index is 3.68. The van der Waals surface area contributed by atoms with Gasteiger partial charge in [0.05, 0.1) is 5.54 Å². The number of thioether (sulfide) groups is 1. The molecule has 0 aromatic rings. The number of hydrogen-bond acceptors (Lipinski definition) is 4. The van der Waals surface area contributed by atoms with Crippen LogP contribution in [-0.4, -0.2) is 34.2 Å². The summed E-state index contributed by atoms with van der Waals surface area (Å²) in [5.74, 6) is 0.324. The lowest BCUT2D eigenvalue weighted by Gasteiger charge is -2.20. The fourth-order valence-electron chi connectivity index (χ4n) is 0.860. The summed E-state index contributed by atoms with van der Waals surface area (Å²) in [5.41, 5.74) is 9.90. The van der Waals surface area contributed by atoms with Crippen LogP contribution in [0.4, 0.5) is 0 Å². The Morgan fingerprint density at radius 1 is 1.64 bits per heavy atom. The second-order valence-corrected chi connectivity index (χ2v) is 5.27. The second-order valence-electron chi connectivity index (χ2n) is 3.73. The highest BCUT2D eigenvalue weighted by Crippen LogP contribution is 2.17. The molecule has 0 fully saturated rings. The summed E-state index contributed by atoms with van der Waals surface area (Å²) >= 11 is 1.70. The van der Waals surface area contributed by atoms with Crippen LogP contribution in [0.25, 0.3) is 0 Å². The predicted octanol–water partition coefficient (Wildman–Crippen LogP) is 0.0833. The van der Waals surface area contributed by atoms with Gasteiger partial charge < -0.3 is 16.6 Å². The molecule has 0 aliphatic heterocycles. The summed E-state index contributed by atoms with van der Waals surface area (Å²) in [4.78, 5) is 10.9. The average molecular weight is 220 g/mol. The highest BCUT2D eigenvalue weighted by atomic mass is 32.2. The third-order valence-corrected chi connectivity index (χ3v) is 3.37. The molecule has 0 aliphatic rings. The molecule has 0 aromatic heterocycles. The third-order valence-electron chi connectivity index (χ3n) is 2.12. The first-order valence-corrected chi connectivity index (χ1v) is 5.76. The van der Waals surface area contributed by atoms with Crippen LogP contribution in [0.1, 0.15) is 26.7 Å². The zero-order chi connectivity index (χ0) is 11.2. The van der Waals surface area contributed by atoms with E-state index in [1.807, 2.05) is 6.92 Å². The van der Waals surface area contributed by atoms with Crippen molar-refractivity contribution in [2.45, 2.75) is 37.5 Å². The zero-order valence-electron chi connectivity index (χ0n) is 8.82. The van der Waals surface area contributed by atoms with Crippen molar-refractivity contribution in [1.29, 1.82) is 0 Å². The number of aliphatic hydroxyl groups excluding tert-OH is 1. The molecule has 2 unspecified atom stereocenters. The molecule has 2 atom stereocenters. The molecule has 0 aliphatic carbocycles. The molecule has 5 heteroatoms. The van der Waals surface area contributed by atoms with Crippen molar-refractivity contribution >= 4 is 17.7 Å². The van der Waals surface area contributed by atoms with Crippen LogP contribution < -0.4 is 11.5 Å². The summed E-state index contributed by atoms with van der Waals surface area (Å²) in [6, 6.07) is 0. The summed E-state index contributed by atoms with van der Waals surface area (Å²) in [5, 5.41) is 9.06. The lowest BCUT2D eigenvalue weighted by molar-refractivity contribution is -0.122. The molecule has 0 rings (SSSR count). The number of amides is 1. The molecule has 0 saturated heterocycles. The molecule has 0 heterocycles. The van der Waals surface area contributed by atoms with E-state index >= 15 is 0 Å². The first kappa shape index (κ1) is 13.7.